The zero-order valence-corrected chi connectivity index (χ0v) is 14.4. The predicted octanol–water partition coefficient (Wildman–Crippen LogP) is 2.86. The number of hydrogen-bond donors (Lipinski definition) is 1. The largest absolute Gasteiger partial charge is 0.329 e. The number of amides is 1. The van der Waals surface area contributed by atoms with Crippen molar-refractivity contribution in [1.29, 1.82) is 0 Å². The van der Waals surface area contributed by atoms with E-state index in [4.69, 9.17) is 0 Å². The third kappa shape index (κ3) is 3.04. The molecule has 1 aliphatic rings. The van der Waals surface area contributed by atoms with Crippen molar-refractivity contribution in [2.24, 2.45) is 0 Å². The van der Waals surface area contributed by atoms with Gasteiger partial charge in [0.25, 0.3) is 5.91 Å². The molecule has 0 spiro atoms. The van der Waals surface area contributed by atoms with Gasteiger partial charge in [0.05, 0.1) is 22.8 Å². The van der Waals surface area contributed by atoms with Gasteiger partial charge in [0.15, 0.2) is 0 Å². The van der Waals surface area contributed by atoms with Crippen molar-refractivity contribution in [3.05, 3.63) is 71.4 Å². The van der Waals surface area contributed by atoms with E-state index in [0.717, 1.165) is 17.5 Å². The third-order valence-electron chi connectivity index (χ3n) is 4.77. The quantitative estimate of drug-likeness (QED) is 0.772. The number of rotatable bonds is 2. The first-order chi connectivity index (χ1) is 12.6. The highest BCUT2D eigenvalue weighted by Gasteiger charge is 2.29. The van der Waals surface area contributed by atoms with Gasteiger partial charge in [-0.2, -0.15) is 0 Å². The number of fused-ring (bicyclic) bond motifs is 1. The Hall–Kier alpha value is -2.86. The third-order valence-corrected chi connectivity index (χ3v) is 4.77. The molecule has 1 atom stereocenters. The number of carbonyl (C=O) groups excluding carboxylic acids is 1. The lowest BCUT2D eigenvalue weighted by Crippen LogP contribution is -2.48. The zero-order chi connectivity index (χ0) is 18.1. The van der Waals surface area contributed by atoms with E-state index in [0.29, 0.717) is 29.9 Å². The molecular weight excluding hydrogens is 331 g/mol. The van der Waals surface area contributed by atoms with E-state index in [2.05, 4.69) is 15.3 Å². The maximum Gasteiger partial charge on any atom is 0.256 e. The first kappa shape index (κ1) is 16.6. The SMILES string of the molecule is Cc1nc2cc(F)ccc2cc1C(=O)N1CCNCC1c1cccnc1. The number of piperazine rings is 1. The summed E-state index contributed by atoms with van der Waals surface area (Å²) in [7, 11) is 0. The molecule has 1 fully saturated rings. The van der Waals surface area contributed by atoms with Gasteiger partial charge in [-0.05, 0) is 36.8 Å². The molecule has 1 aliphatic heterocycles. The molecule has 2 aromatic heterocycles. The van der Waals surface area contributed by atoms with Crippen LogP contribution in [-0.4, -0.2) is 40.4 Å². The maximum atomic E-state index is 13.4. The van der Waals surface area contributed by atoms with Gasteiger partial charge in [0, 0.05) is 43.5 Å². The second-order valence-electron chi connectivity index (χ2n) is 6.46. The van der Waals surface area contributed by atoms with Gasteiger partial charge in [-0.25, -0.2) is 4.39 Å². The summed E-state index contributed by atoms with van der Waals surface area (Å²) in [4.78, 5) is 23.8. The second-order valence-corrected chi connectivity index (χ2v) is 6.46. The summed E-state index contributed by atoms with van der Waals surface area (Å²) >= 11 is 0. The Morgan fingerprint density at radius 3 is 3.00 bits per heavy atom. The van der Waals surface area contributed by atoms with E-state index in [-0.39, 0.29) is 17.8 Å². The van der Waals surface area contributed by atoms with Crippen molar-refractivity contribution < 1.29 is 9.18 Å². The number of aromatic nitrogens is 2. The van der Waals surface area contributed by atoms with E-state index >= 15 is 0 Å². The number of nitrogens with one attached hydrogen (secondary N) is 1. The van der Waals surface area contributed by atoms with Gasteiger partial charge >= 0.3 is 0 Å². The highest BCUT2D eigenvalue weighted by atomic mass is 19.1. The minimum absolute atomic E-state index is 0.0587. The first-order valence-electron chi connectivity index (χ1n) is 8.62. The molecule has 132 valence electrons. The Bertz CT molecular complexity index is 961. The Morgan fingerprint density at radius 1 is 1.31 bits per heavy atom. The monoisotopic (exact) mass is 350 g/mol. The number of carbonyl (C=O) groups is 1. The van der Waals surface area contributed by atoms with Crippen LogP contribution in [0.2, 0.25) is 0 Å². The van der Waals surface area contributed by atoms with E-state index in [1.165, 1.54) is 12.1 Å². The van der Waals surface area contributed by atoms with Crippen molar-refractivity contribution in [2.45, 2.75) is 13.0 Å². The summed E-state index contributed by atoms with van der Waals surface area (Å²) in [5.41, 5.74) is 2.72. The second kappa shape index (κ2) is 6.80. The van der Waals surface area contributed by atoms with Crippen LogP contribution in [0.4, 0.5) is 4.39 Å². The highest BCUT2D eigenvalue weighted by molar-refractivity contribution is 5.99. The average Bonchev–Trinajstić information content (AvgIpc) is 2.67. The molecule has 0 bridgehead atoms. The fraction of sp³-hybridized carbons (Fsp3) is 0.250. The summed E-state index contributed by atoms with van der Waals surface area (Å²) in [6.45, 7) is 3.83. The van der Waals surface area contributed by atoms with Crippen LogP contribution in [-0.2, 0) is 0 Å². The maximum absolute atomic E-state index is 13.4. The summed E-state index contributed by atoms with van der Waals surface area (Å²) in [5, 5.41) is 4.10. The van der Waals surface area contributed by atoms with Crippen LogP contribution in [0.25, 0.3) is 10.9 Å². The van der Waals surface area contributed by atoms with Gasteiger partial charge in [-0.15, -0.1) is 0 Å². The summed E-state index contributed by atoms with van der Waals surface area (Å²) in [5.74, 6) is -0.390. The summed E-state index contributed by atoms with van der Waals surface area (Å²) in [6.07, 6.45) is 3.52. The minimum Gasteiger partial charge on any atom is -0.329 e. The molecule has 1 amide bonds. The molecule has 0 aliphatic carbocycles. The van der Waals surface area contributed by atoms with E-state index in [1.54, 1.807) is 25.4 Å². The lowest BCUT2D eigenvalue weighted by molar-refractivity contribution is 0.0633. The Balaban J connectivity index is 1.72. The number of pyridine rings is 2. The first-order valence-corrected chi connectivity index (χ1v) is 8.62. The van der Waals surface area contributed by atoms with Crippen LogP contribution in [0, 0.1) is 12.7 Å². The Kier molecular flexibility index (Phi) is 4.34. The predicted molar refractivity (Wildman–Crippen MR) is 97.3 cm³/mol. The molecule has 3 aromatic rings. The molecule has 1 N–H and O–H groups in total. The van der Waals surface area contributed by atoms with Gasteiger partial charge in [0.2, 0.25) is 0 Å². The van der Waals surface area contributed by atoms with E-state index in [9.17, 15) is 9.18 Å². The zero-order valence-electron chi connectivity index (χ0n) is 14.4. The van der Waals surface area contributed by atoms with Crippen LogP contribution in [0.5, 0.6) is 0 Å². The van der Waals surface area contributed by atoms with Gasteiger partial charge in [-0.1, -0.05) is 6.07 Å². The van der Waals surface area contributed by atoms with Gasteiger partial charge < -0.3 is 10.2 Å². The standard InChI is InChI=1S/C20H19FN4O/c1-13-17(9-14-4-5-16(21)10-18(14)24-13)20(26)25-8-7-23-12-19(25)15-3-2-6-22-11-15/h2-6,9-11,19,23H,7-8,12H2,1H3. The smallest absolute Gasteiger partial charge is 0.256 e. The topological polar surface area (TPSA) is 58.1 Å². The average molecular weight is 350 g/mol. The highest BCUT2D eigenvalue weighted by Crippen LogP contribution is 2.26. The van der Waals surface area contributed by atoms with E-state index < -0.39 is 0 Å². The molecule has 6 heteroatoms. The molecular formula is C20H19FN4O. The minimum atomic E-state index is -0.331. The number of nitrogens with zero attached hydrogens (tertiary/aromatic N) is 3. The summed E-state index contributed by atoms with van der Waals surface area (Å²) in [6, 6.07) is 10.0. The number of hydrogen-bond acceptors (Lipinski definition) is 4. The summed E-state index contributed by atoms with van der Waals surface area (Å²) < 4.78 is 13.4. The van der Waals surface area contributed by atoms with Crippen molar-refractivity contribution in [2.75, 3.05) is 19.6 Å². The van der Waals surface area contributed by atoms with Crippen molar-refractivity contribution >= 4 is 16.8 Å². The fourth-order valence-electron chi connectivity index (χ4n) is 3.43. The van der Waals surface area contributed by atoms with E-state index in [1.807, 2.05) is 23.1 Å². The lowest BCUT2D eigenvalue weighted by Gasteiger charge is -2.36. The molecule has 1 unspecified atom stereocenters. The van der Waals surface area contributed by atoms with Crippen LogP contribution in [0.3, 0.4) is 0 Å². The number of benzene rings is 1. The molecule has 4 rings (SSSR count). The van der Waals surface area contributed by atoms with Gasteiger partial charge in [-0.3, -0.25) is 14.8 Å². The molecule has 0 radical (unpaired) electrons. The molecule has 26 heavy (non-hydrogen) atoms. The number of aryl methyl sites for hydroxylation is 1. The Labute approximate surface area is 150 Å². The van der Waals surface area contributed by atoms with Crippen LogP contribution in [0.1, 0.15) is 27.7 Å². The van der Waals surface area contributed by atoms with Crippen molar-refractivity contribution in [1.82, 2.24) is 20.2 Å². The lowest BCUT2D eigenvalue weighted by atomic mass is 10.0. The molecule has 0 saturated carbocycles. The van der Waals surface area contributed by atoms with Gasteiger partial charge in [0.1, 0.15) is 5.82 Å². The Morgan fingerprint density at radius 2 is 2.19 bits per heavy atom. The van der Waals surface area contributed by atoms with Crippen LogP contribution >= 0.6 is 0 Å². The van der Waals surface area contributed by atoms with Crippen molar-refractivity contribution in [3.63, 3.8) is 0 Å². The fourth-order valence-corrected chi connectivity index (χ4v) is 3.43. The van der Waals surface area contributed by atoms with Crippen molar-refractivity contribution in [3.8, 4) is 0 Å². The van der Waals surface area contributed by atoms with Crippen LogP contribution < -0.4 is 5.32 Å². The normalized spacial score (nSPS) is 17.5. The molecule has 1 saturated heterocycles. The molecule has 1 aromatic carbocycles. The number of halogens is 1. The molecule has 3 heterocycles. The van der Waals surface area contributed by atoms with Crippen LogP contribution in [0.15, 0.2) is 48.8 Å². The molecule has 5 nitrogen and oxygen atoms in total.